The number of aromatic hydroxyl groups is 1. The normalized spacial score (nSPS) is 12.5. The van der Waals surface area contributed by atoms with Gasteiger partial charge in [0.25, 0.3) is 0 Å². The first-order valence-electron chi connectivity index (χ1n) is 7.46. The van der Waals surface area contributed by atoms with E-state index in [1.54, 1.807) is 18.2 Å². The molecule has 22 heavy (non-hydrogen) atoms. The molecular weight excluding hydrogens is 278 g/mol. The van der Waals surface area contributed by atoms with Gasteiger partial charge in [0, 0.05) is 12.1 Å². The first kappa shape index (κ1) is 18.1. The van der Waals surface area contributed by atoms with Gasteiger partial charge in [-0.05, 0) is 43.9 Å². The van der Waals surface area contributed by atoms with E-state index < -0.39 is 11.7 Å². The number of benzene rings is 1. The van der Waals surface area contributed by atoms with E-state index in [1.165, 1.54) is 0 Å². The summed E-state index contributed by atoms with van der Waals surface area (Å²) in [7, 11) is 0. The minimum absolute atomic E-state index is 0.0189. The molecule has 0 aliphatic heterocycles. The van der Waals surface area contributed by atoms with Crippen molar-refractivity contribution in [3.63, 3.8) is 0 Å². The summed E-state index contributed by atoms with van der Waals surface area (Å²) in [5.74, 6) is 0.224. The van der Waals surface area contributed by atoms with Crippen LogP contribution in [0.1, 0.15) is 52.7 Å². The van der Waals surface area contributed by atoms with E-state index in [4.69, 9.17) is 4.74 Å². The Balaban J connectivity index is 2.65. The second kappa shape index (κ2) is 6.86. The summed E-state index contributed by atoms with van der Waals surface area (Å²) in [5.41, 5.74) is 1.39. The van der Waals surface area contributed by atoms with Gasteiger partial charge in [-0.15, -0.1) is 0 Å². The van der Waals surface area contributed by atoms with E-state index >= 15 is 0 Å². The summed E-state index contributed by atoms with van der Waals surface area (Å²) in [6.07, 6.45) is 3.12. The number of phenols is 1. The standard InChI is InChI=1S/C18H27NO3/c1-17(2,3)14-9-10-15(20)13(12-14)8-7-11-19-16(21)22-18(4,5)6/h7-10,12,20H,11H2,1-6H3,(H,19,21). The van der Waals surface area contributed by atoms with Crippen LogP contribution in [-0.2, 0) is 10.2 Å². The lowest BCUT2D eigenvalue weighted by atomic mass is 9.86. The fraction of sp³-hybridized carbons (Fsp3) is 0.500. The van der Waals surface area contributed by atoms with Crippen molar-refractivity contribution in [2.45, 2.75) is 52.6 Å². The number of amides is 1. The van der Waals surface area contributed by atoms with Crippen LogP contribution in [0.4, 0.5) is 4.79 Å². The fourth-order valence-electron chi connectivity index (χ4n) is 1.80. The van der Waals surface area contributed by atoms with E-state index in [0.717, 1.165) is 11.1 Å². The second-order valence-electron chi connectivity index (χ2n) is 7.31. The summed E-state index contributed by atoms with van der Waals surface area (Å²) in [5, 5.41) is 12.5. The molecule has 2 N–H and O–H groups in total. The highest BCUT2D eigenvalue weighted by atomic mass is 16.6. The molecule has 0 saturated heterocycles. The molecule has 0 unspecified atom stereocenters. The third-order valence-electron chi connectivity index (χ3n) is 2.95. The van der Waals surface area contributed by atoms with E-state index in [0.29, 0.717) is 6.54 Å². The zero-order valence-electron chi connectivity index (χ0n) is 14.4. The predicted molar refractivity (Wildman–Crippen MR) is 90.1 cm³/mol. The zero-order chi connectivity index (χ0) is 17.0. The summed E-state index contributed by atoms with van der Waals surface area (Å²) in [6, 6.07) is 5.58. The number of nitrogens with one attached hydrogen (secondary N) is 1. The van der Waals surface area contributed by atoms with Gasteiger partial charge in [0.15, 0.2) is 0 Å². The highest BCUT2D eigenvalue weighted by molar-refractivity contribution is 5.68. The lowest BCUT2D eigenvalue weighted by Crippen LogP contribution is -2.32. The van der Waals surface area contributed by atoms with Crippen molar-refractivity contribution in [1.29, 1.82) is 0 Å². The van der Waals surface area contributed by atoms with Crippen molar-refractivity contribution in [1.82, 2.24) is 5.32 Å². The number of rotatable bonds is 3. The number of carbonyl (C=O) groups excluding carboxylic acids is 1. The predicted octanol–water partition coefficient (Wildman–Crippen LogP) is 4.23. The highest BCUT2D eigenvalue weighted by Crippen LogP contribution is 2.27. The van der Waals surface area contributed by atoms with Crippen LogP contribution in [0.5, 0.6) is 5.75 Å². The van der Waals surface area contributed by atoms with E-state index in [2.05, 4.69) is 26.1 Å². The van der Waals surface area contributed by atoms with Gasteiger partial charge in [0.2, 0.25) is 0 Å². The third kappa shape index (κ3) is 6.20. The molecule has 1 aromatic rings. The Labute approximate surface area is 133 Å². The molecule has 0 spiro atoms. The summed E-state index contributed by atoms with van der Waals surface area (Å²) >= 11 is 0. The SMILES string of the molecule is CC(C)(C)OC(=O)NCC=Cc1cc(C(C)(C)C)ccc1O. The van der Waals surface area contributed by atoms with Gasteiger partial charge < -0.3 is 15.2 Å². The summed E-state index contributed by atoms with van der Waals surface area (Å²) in [4.78, 5) is 11.5. The van der Waals surface area contributed by atoms with Crippen molar-refractivity contribution in [2.24, 2.45) is 0 Å². The molecular formula is C18H27NO3. The molecule has 0 aliphatic rings. The van der Waals surface area contributed by atoms with Gasteiger partial charge in [-0.25, -0.2) is 4.79 Å². The number of hydrogen-bond acceptors (Lipinski definition) is 3. The number of ether oxygens (including phenoxy) is 1. The Kier molecular flexibility index (Phi) is 5.64. The van der Waals surface area contributed by atoms with Gasteiger partial charge in [0.1, 0.15) is 11.4 Å². The first-order valence-corrected chi connectivity index (χ1v) is 7.46. The molecule has 0 radical (unpaired) electrons. The number of hydrogen-bond donors (Lipinski definition) is 2. The Bertz CT molecular complexity index is 548. The largest absolute Gasteiger partial charge is 0.507 e. The monoisotopic (exact) mass is 305 g/mol. The van der Waals surface area contributed by atoms with Gasteiger partial charge in [-0.1, -0.05) is 39.0 Å². The van der Waals surface area contributed by atoms with Gasteiger partial charge >= 0.3 is 6.09 Å². The zero-order valence-corrected chi connectivity index (χ0v) is 14.4. The molecule has 0 fully saturated rings. The molecule has 1 aromatic carbocycles. The van der Waals surface area contributed by atoms with Gasteiger partial charge in [-0.3, -0.25) is 0 Å². The van der Waals surface area contributed by atoms with Crippen LogP contribution in [0.3, 0.4) is 0 Å². The van der Waals surface area contributed by atoms with Crippen molar-refractivity contribution in [2.75, 3.05) is 6.54 Å². The number of carbonyl (C=O) groups is 1. The summed E-state index contributed by atoms with van der Waals surface area (Å²) in [6.45, 7) is 12.2. The topological polar surface area (TPSA) is 58.6 Å². The third-order valence-corrected chi connectivity index (χ3v) is 2.95. The Hall–Kier alpha value is -1.97. The highest BCUT2D eigenvalue weighted by Gasteiger charge is 2.16. The van der Waals surface area contributed by atoms with E-state index in [9.17, 15) is 9.90 Å². The van der Waals surface area contributed by atoms with Crippen LogP contribution in [0, 0.1) is 0 Å². The molecule has 0 saturated carbocycles. The minimum Gasteiger partial charge on any atom is -0.507 e. The number of alkyl carbamates (subject to hydrolysis) is 1. The van der Waals surface area contributed by atoms with Crippen LogP contribution in [0.2, 0.25) is 0 Å². The molecule has 1 rings (SSSR count). The molecule has 122 valence electrons. The second-order valence-corrected chi connectivity index (χ2v) is 7.31. The number of phenolic OH excluding ortho intramolecular Hbond substituents is 1. The maximum Gasteiger partial charge on any atom is 0.407 e. The Morgan fingerprint density at radius 3 is 2.41 bits per heavy atom. The molecule has 0 heterocycles. The molecule has 0 atom stereocenters. The maximum absolute atomic E-state index is 11.5. The van der Waals surface area contributed by atoms with Gasteiger partial charge in [-0.2, -0.15) is 0 Å². The molecule has 4 nitrogen and oxygen atoms in total. The lowest BCUT2D eigenvalue weighted by Gasteiger charge is -2.20. The average molecular weight is 305 g/mol. The van der Waals surface area contributed by atoms with Crippen molar-refractivity contribution >= 4 is 12.2 Å². The Morgan fingerprint density at radius 1 is 1.23 bits per heavy atom. The molecule has 1 amide bonds. The van der Waals surface area contributed by atoms with Crippen molar-refractivity contribution in [3.05, 3.63) is 35.4 Å². The van der Waals surface area contributed by atoms with E-state index in [-0.39, 0.29) is 11.2 Å². The van der Waals surface area contributed by atoms with Crippen LogP contribution in [-0.4, -0.2) is 23.3 Å². The minimum atomic E-state index is -0.507. The van der Waals surface area contributed by atoms with Crippen LogP contribution in [0.25, 0.3) is 6.08 Å². The lowest BCUT2D eigenvalue weighted by molar-refractivity contribution is 0.0534. The van der Waals surface area contributed by atoms with Crippen molar-refractivity contribution in [3.8, 4) is 5.75 Å². The summed E-state index contributed by atoms with van der Waals surface area (Å²) < 4.78 is 5.14. The quantitative estimate of drug-likeness (QED) is 0.878. The van der Waals surface area contributed by atoms with Crippen molar-refractivity contribution < 1.29 is 14.6 Å². The molecule has 0 bridgehead atoms. The maximum atomic E-state index is 11.5. The van der Waals surface area contributed by atoms with Crippen LogP contribution in [0.15, 0.2) is 24.3 Å². The Morgan fingerprint density at radius 2 is 1.86 bits per heavy atom. The van der Waals surface area contributed by atoms with Crippen LogP contribution >= 0.6 is 0 Å². The average Bonchev–Trinajstić information content (AvgIpc) is 2.33. The van der Waals surface area contributed by atoms with E-state index in [1.807, 2.05) is 32.9 Å². The van der Waals surface area contributed by atoms with Gasteiger partial charge in [0.05, 0.1) is 0 Å². The fourth-order valence-corrected chi connectivity index (χ4v) is 1.80. The smallest absolute Gasteiger partial charge is 0.407 e. The molecule has 4 heteroatoms. The first-order chi connectivity index (χ1) is 9.99. The molecule has 0 aliphatic carbocycles. The van der Waals surface area contributed by atoms with Crippen LogP contribution < -0.4 is 5.32 Å². The molecule has 0 aromatic heterocycles.